The van der Waals surface area contributed by atoms with Gasteiger partial charge in [0, 0.05) is 43.6 Å². The van der Waals surface area contributed by atoms with E-state index in [0.717, 1.165) is 28.6 Å². The number of thiazole rings is 1. The van der Waals surface area contributed by atoms with Gasteiger partial charge in [-0.25, -0.2) is 27.3 Å². The van der Waals surface area contributed by atoms with Crippen LogP contribution in [0.15, 0.2) is 40.6 Å². The van der Waals surface area contributed by atoms with Gasteiger partial charge in [-0.2, -0.15) is 8.75 Å². The number of halogens is 1. The van der Waals surface area contributed by atoms with Gasteiger partial charge in [-0.05, 0) is 43.5 Å². The number of rotatable bonds is 8. The van der Waals surface area contributed by atoms with Crippen LogP contribution in [0.4, 0.5) is 20.0 Å². The fraction of sp³-hybridized carbons (Fsp3) is 0.304. The third-order valence-electron chi connectivity index (χ3n) is 5.89. The first-order valence-corrected chi connectivity index (χ1v) is 14.5. The van der Waals surface area contributed by atoms with Crippen LogP contribution < -0.4 is 14.5 Å². The number of hydrogen-bond donors (Lipinski definition) is 2. The topological polar surface area (TPSA) is 129 Å². The number of aromatic nitrogens is 3. The highest BCUT2D eigenvalue weighted by Gasteiger charge is 2.32. The van der Waals surface area contributed by atoms with Crippen molar-refractivity contribution in [3.05, 3.63) is 47.9 Å². The van der Waals surface area contributed by atoms with Crippen molar-refractivity contribution in [2.75, 3.05) is 36.0 Å². The zero-order chi connectivity index (χ0) is 26.2. The molecule has 1 fully saturated rings. The molecule has 0 bridgehead atoms. The maximum Gasteiger partial charge on any atom is 0.330 e. The Morgan fingerprint density at radius 3 is 2.65 bits per heavy atom. The van der Waals surface area contributed by atoms with E-state index in [1.165, 1.54) is 17.0 Å². The van der Waals surface area contributed by atoms with Crippen molar-refractivity contribution in [2.24, 2.45) is 0 Å². The maximum absolute atomic E-state index is 14.1. The quantitative estimate of drug-likeness (QED) is 0.313. The molecule has 1 saturated heterocycles. The van der Waals surface area contributed by atoms with Crippen LogP contribution in [0, 0.1) is 12.7 Å². The summed E-state index contributed by atoms with van der Waals surface area (Å²) in [5.74, 6) is -0.398. The van der Waals surface area contributed by atoms with Crippen molar-refractivity contribution >= 4 is 61.0 Å². The molecule has 194 valence electrons. The smallest absolute Gasteiger partial charge is 0.330 e. The highest BCUT2D eigenvalue weighted by atomic mass is 32.2. The number of anilines is 2. The molecule has 2 aromatic heterocycles. The number of nitrogens with zero attached hydrogens (tertiary/aromatic N) is 5. The van der Waals surface area contributed by atoms with E-state index in [4.69, 9.17) is 5.11 Å². The second kappa shape index (κ2) is 10.4. The largest absolute Gasteiger partial charge is 0.396 e. The molecule has 0 unspecified atom stereocenters. The molecule has 0 aliphatic carbocycles. The minimum absolute atomic E-state index is 0.0488. The van der Waals surface area contributed by atoms with Crippen LogP contribution in [-0.4, -0.2) is 59.5 Å². The lowest BCUT2D eigenvalue weighted by Gasteiger charge is -2.34. The monoisotopic (exact) mass is 562 g/mol. The molecule has 14 heteroatoms. The number of amides is 2. The molecule has 3 heterocycles. The van der Waals surface area contributed by atoms with E-state index >= 15 is 0 Å². The summed E-state index contributed by atoms with van der Waals surface area (Å²) in [4.78, 5) is 20.9. The Morgan fingerprint density at radius 2 is 1.89 bits per heavy atom. The zero-order valence-electron chi connectivity index (χ0n) is 19.7. The lowest BCUT2D eigenvalue weighted by Crippen LogP contribution is -2.49. The first-order chi connectivity index (χ1) is 17.8. The number of aliphatic hydroxyl groups excluding tert-OH is 1. The number of aliphatic hydroxyl groups is 1. The average Bonchev–Trinajstić information content (AvgIpc) is 3.51. The van der Waals surface area contributed by atoms with Gasteiger partial charge in [-0.15, -0.1) is 0 Å². The number of fused-ring (bicyclic) bond motifs is 1. The first-order valence-electron chi connectivity index (χ1n) is 11.5. The van der Waals surface area contributed by atoms with Crippen LogP contribution in [0.3, 0.4) is 0 Å². The summed E-state index contributed by atoms with van der Waals surface area (Å²) in [5.41, 5.74) is 3.46. The normalized spacial score (nSPS) is 14.6. The van der Waals surface area contributed by atoms with Gasteiger partial charge in [0.15, 0.2) is 9.34 Å². The number of aryl methyl sites for hydroxylation is 1. The Kier molecular flexibility index (Phi) is 7.18. The zero-order valence-corrected chi connectivity index (χ0v) is 22.2. The number of sulfonamides is 1. The van der Waals surface area contributed by atoms with Crippen LogP contribution in [0.25, 0.3) is 22.2 Å². The van der Waals surface area contributed by atoms with E-state index in [0.29, 0.717) is 59.0 Å². The molecule has 2 N–H and O–H groups in total. The van der Waals surface area contributed by atoms with E-state index in [1.54, 1.807) is 24.0 Å². The number of benzene rings is 2. The van der Waals surface area contributed by atoms with Gasteiger partial charge in [0.1, 0.15) is 16.9 Å². The Morgan fingerprint density at radius 1 is 1.14 bits per heavy atom. The molecule has 1 aliphatic rings. The SMILES string of the molecule is Cc1nc(N2CCCN(c3ccc(-c4cc(F)cc5nsnc45)cc3)C2=O)sc1S(=O)(=O)NCCCO. The summed E-state index contributed by atoms with van der Waals surface area (Å²) >= 11 is 1.96. The Balaban J connectivity index is 1.38. The molecular formula is C23H23FN6O4S3. The van der Waals surface area contributed by atoms with Gasteiger partial charge in [0.25, 0.3) is 10.0 Å². The molecule has 2 amide bonds. The Labute approximate surface area is 220 Å². The first kappa shape index (κ1) is 25.6. The van der Waals surface area contributed by atoms with Crippen LogP contribution in [0.2, 0.25) is 0 Å². The van der Waals surface area contributed by atoms with Gasteiger partial charge in [0.05, 0.1) is 17.4 Å². The number of nitrogens with one attached hydrogen (secondary N) is 1. The molecule has 0 radical (unpaired) electrons. The summed E-state index contributed by atoms with van der Waals surface area (Å²) in [5, 5.41) is 9.22. The van der Waals surface area contributed by atoms with Crippen LogP contribution >= 0.6 is 23.1 Å². The van der Waals surface area contributed by atoms with E-state index < -0.39 is 15.8 Å². The van der Waals surface area contributed by atoms with Crippen LogP contribution in [0.5, 0.6) is 0 Å². The highest BCUT2D eigenvalue weighted by molar-refractivity contribution is 7.91. The summed E-state index contributed by atoms with van der Waals surface area (Å²) in [7, 11) is -3.80. The highest BCUT2D eigenvalue weighted by Crippen LogP contribution is 2.34. The average molecular weight is 563 g/mol. The summed E-state index contributed by atoms with van der Waals surface area (Å²) in [6.07, 6.45) is 0.963. The molecule has 1 aliphatic heterocycles. The fourth-order valence-electron chi connectivity index (χ4n) is 4.12. The van der Waals surface area contributed by atoms with Gasteiger partial charge >= 0.3 is 6.03 Å². The van der Waals surface area contributed by atoms with Crippen molar-refractivity contribution in [2.45, 2.75) is 24.0 Å². The molecule has 4 aromatic rings. The Hall–Kier alpha value is -3.04. The second-order valence-corrected chi connectivity index (χ2v) is 11.9. The third-order valence-corrected chi connectivity index (χ3v) is 9.68. The number of carbonyl (C=O) groups excluding carboxylic acids is 1. The van der Waals surface area contributed by atoms with Crippen molar-refractivity contribution in [3.8, 4) is 11.1 Å². The van der Waals surface area contributed by atoms with E-state index in [1.807, 2.05) is 12.1 Å². The number of hydrogen-bond acceptors (Lipinski definition) is 9. The summed E-state index contributed by atoms with van der Waals surface area (Å²) in [6, 6.07) is 9.67. The molecule has 0 saturated carbocycles. The standard InChI is InChI=1S/C23H23FN6O4S3/c1-14-21(37(33,34)25-8-2-11-31)35-22(26-14)30-10-3-9-29(23(30)32)17-6-4-15(5-7-17)18-12-16(24)13-19-20(18)28-36-27-19/h4-7,12-13,25,31H,2-3,8-11H2,1H3. The number of urea groups is 1. The third kappa shape index (κ3) is 5.07. The van der Waals surface area contributed by atoms with Crippen molar-refractivity contribution < 1.29 is 22.7 Å². The summed E-state index contributed by atoms with van der Waals surface area (Å²) in [6.45, 7) is 2.48. The molecule has 2 aromatic carbocycles. The van der Waals surface area contributed by atoms with Crippen LogP contribution in [0.1, 0.15) is 18.5 Å². The fourth-order valence-corrected chi connectivity index (χ4v) is 7.30. The van der Waals surface area contributed by atoms with Gasteiger partial charge in [0.2, 0.25) is 0 Å². The van der Waals surface area contributed by atoms with E-state index in [9.17, 15) is 17.6 Å². The van der Waals surface area contributed by atoms with E-state index in [2.05, 4.69) is 18.5 Å². The second-order valence-electron chi connectivity index (χ2n) is 8.42. The predicted octanol–water partition coefficient (Wildman–Crippen LogP) is 3.76. The minimum atomic E-state index is -3.80. The predicted molar refractivity (Wildman–Crippen MR) is 141 cm³/mol. The van der Waals surface area contributed by atoms with E-state index in [-0.39, 0.29) is 23.4 Å². The van der Waals surface area contributed by atoms with Crippen LogP contribution in [-0.2, 0) is 10.0 Å². The molecule has 0 spiro atoms. The maximum atomic E-state index is 14.1. The van der Waals surface area contributed by atoms with Crippen molar-refractivity contribution in [3.63, 3.8) is 0 Å². The number of carbonyl (C=O) groups is 1. The minimum Gasteiger partial charge on any atom is -0.396 e. The molecular weight excluding hydrogens is 539 g/mol. The van der Waals surface area contributed by atoms with Gasteiger partial charge in [-0.3, -0.25) is 9.80 Å². The van der Waals surface area contributed by atoms with Gasteiger partial charge in [-0.1, -0.05) is 23.5 Å². The lowest BCUT2D eigenvalue weighted by atomic mass is 10.0. The lowest BCUT2D eigenvalue weighted by molar-refractivity contribution is 0.248. The van der Waals surface area contributed by atoms with Crippen molar-refractivity contribution in [1.82, 2.24) is 18.5 Å². The van der Waals surface area contributed by atoms with Gasteiger partial charge < -0.3 is 5.11 Å². The van der Waals surface area contributed by atoms with Crippen molar-refractivity contribution in [1.29, 1.82) is 0 Å². The molecule has 37 heavy (non-hydrogen) atoms. The molecule has 10 nitrogen and oxygen atoms in total. The molecule has 5 rings (SSSR count). The Bertz CT molecular complexity index is 1550. The molecule has 0 atom stereocenters. The summed E-state index contributed by atoms with van der Waals surface area (Å²) < 4.78 is 50.3.